The van der Waals surface area contributed by atoms with Crippen molar-refractivity contribution < 1.29 is 9.84 Å². The van der Waals surface area contributed by atoms with Gasteiger partial charge in [0.25, 0.3) is 0 Å². The molecule has 29 heavy (non-hydrogen) atoms. The molecule has 0 bridgehead atoms. The molecule has 1 aliphatic rings. The average molecular weight is 387 g/mol. The molecule has 2 atom stereocenters. The highest BCUT2D eigenvalue weighted by Gasteiger charge is 2.32. The minimum atomic E-state index is -0.205. The number of aromatic hydroxyl groups is 1. The number of fused-ring (bicyclic) bond motifs is 1. The molecule has 0 heterocycles. The second kappa shape index (κ2) is 7.59. The van der Waals surface area contributed by atoms with Gasteiger partial charge >= 0.3 is 0 Å². The van der Waals surface area contributed by atoms with Crippen molar-refractivity contribution in [2.75, 3.05) is 0 Å². The van der Waals surface area contributed by atoms with Crippen LogP contribution in [0.4, 0.5) is 0 Å². The maximum Gasteiger partial charge on any atom is 0.120 e. The predicted molar refractivity (Wildman–Crippen MR) is 119 cm³/mol. The molecule has 0 radical (unpaired) electrons. The van der Waals surface area contributed by atoms with Crippen molar-refractivity contribution in [1.82, 2.24) is 0 Å². The van der Waals surface area contributed by atoms with Crippen LogP contribution in [-0.2, 0) is 6.42 Å². The molecule has 3 aromatic rings. The summed E-state index contributed by atoms with van der Waals surface area (Å²) < 4.78 is 6.12. The van der Waals surface area contributed by atoms with Gasteiger partial charge in [-0.1, -0.05) is 48.5 Å². The van der Waals surface area contributed by atoms with E-state index in [1.807, 2.05) is 13.0 Å². The van der Waals surface area contributed by atoms with E-state index in [1.165, 1.54) is 22.3 Å². The fourth-order valence-electron chi connectivity index (χ4n) is 4.56. The number of phenols is 1. The third-order valence-electron chi connectivity index (χ3n) is 5.81. The molecule has 0 aliphatic heterocycles. The molecule has 0 spiro atoms. The van der Waals surface area contributed by atoms with Crippen molar-refractivity contribution in [2.24, 2.45) is 0 Å². The van der Waals surface area contributed by atoms with Gasteiger partial charge in [-0.15, -0.1) is 0 Å². The highest BCUT2D eigenvalue weighted by atomic mass is 16.5. The lowest BCUT2D eigenvalue weighted by Crippen LogP contribution is -2.24. The number of ether oxygens (including phenoxy) is 1. The fraction of sp³-hybridized carbons (Fsp3) is 0.333. The number of phenolic OH excluding ortho intramolecular Hbond substituents is 1. The quantitative estimate of drug-likeness (QED) is 0.540. The largest absolute Gasteiger partial charge is 0.508 e. The van der Waals surface area contributed by atoms with Gasteiger partial charge in [-0.05, 0) is 92.5 Å². The second-order valence-electron chi connectivity index (χ2n) is 9.15. The zero-order valence-corrected chi connectivity index (χ0v) is 17.8. The lowest BCUT2D eigenvalue weighted by Gasteiger charge is -2.35. The number of hydrogen-bond donors (Lipinski definition) is 1. The van der Waals surface area contributed by atoms with E-state index >= 15 is 0 Å². The summed E-state index contributed by atoms with van der Waals surface area (Å²) in [6.07, 6.45) is 2.14. The summed E-state index contributed by atoms with van der Waals surface area (Å²) in [5, 5.41) is 10.0. The summed E-state index contributed by atoms with van der Waals surface area (Å²) in [6, 6.07) is 23.5. The molecule has 0 amide bonds. The van der Waals surface area contributed by atoms with Crippen LogP contribution in [0.15, 0.2) is 66.7 Å². The average Bonchev–Trinajstić information content (AvgIpc) is 2.68. The summed E-state index contributed by atoms with van der Waals surface area (Å²) in [7, 11) is 0. The van der Waals surface area contributed by atoms with Crippen molar-refractivity contribution in [2.45, 2.75) is 58.0 Å². The van der Waals surface area contributed by atoms with Gasteiger partial charge in [-0.2, -0.15) is 0 Å². The zero-order chi connectivity index (χ0) is 20.6. The van der Waals surface area contributed by atoms with E-state index in [0.29, 0.717) is 11.7 Å². The second-order valence-corrected chi connectivity index (χ2v) is 9.15. The molecular formula is C27H30O2. The Bertz CT molecular complexity index is 999. The third-order valence-corrected chi connectivity index (χ3v) is 5.81. The first-order chi connectivity index (χ1) is 13.8. The fourth-order valence-corrected chi connectivity index (χ4v) is 4.56. The molecule has 0 unspecified atom stereocenters. The van der Waals surface area contributed by atoms with Crippen LogP contribution in [0.1, 0.15) is 66.8 Å². The van der Waals surface area contributed by atoms with Crippen molar-refractivity contribution >= 4 is 0 Å². The highest BCUT2D eigenvalue weighted by molar-refractivity contribution is 5.49. The van der Waals surface area contributed by atoms with Crippen LogP contribution in [-0.4, -0.2) is 10.7 Å². The van der Waals surface area contributed by atoms with Gasteiger partial charge in [0, 0.05) is 5.92 Å². The van der Waals surface area contributed by atoms with Gasteiger partial charge in [-0.25, -0.2) is 0 Å². The van der Waals surface area contributed by atoms with Gasteiger partial charge in [0.2, 0.25) is 0 Å². The molecule has 0 fully saturated rings. The first-order valence-electron chi connectivity index (χ1n) is 10.5. The lowest BCUT2D eigenvalue weighted by atomic mass is 9.69. The molecule has 1 aliphatic carbocycles. The maximum atomic E-state index is 10.0. The van der Waals surface area contributed by atoms with Gasteiger partial charge in [0.15, 0.2) is 0 Å². The monoisotopic (exact) mass is 386 g/mol. The first kappa shape index (κ1) is 19.6. The molecule has 3 aromatic carbocycles. The third kappa shape index (κ3) is 4.17. The van der Waals surface area contributed by atoms with Gasteiger partial charge in [0.05, 0.1) is 0 Å². The highest BCUT2D eigenvalue weighted by Crippen LogP contribution is 2.47. The molecule has 1 N–H and O–H groups in total. The topological polar surface area (TPSA) is 29.5 Å². The number of aryl methyl sites for hydroxylation is 2. The molecule has 2 nitrogen and oxygen atoms in total. The van der Waals surface area contributed by atoms with Gasteiger partial charge in [0.1, 0.15) is 17.1 Å². The van der Waals surface area contributed by atoms with E-state index in [9.17, 15) is 5.11 Å². The smallest absolute Gasteiger partial charge is 0.120 e. The Balaban J connectivity index is 1.81. The molecule has 0 saturated carbocycles. The Kier molecular flexibility index (Phi) is 5.12. The normalized spacial score (nSPS) is 18.9. The van der Waals surface area contributed by atoms with E-state index in [1.54, 1.807) is 0 Å². The standard InChI is InChI=1S/C27H30O2/c1-18-16-21(11-15-25(18)28)26-23(19-8-6-5-7-9-19)13-10-20-17-22(12-14-24(20)26)29-27(2,3)4/h5-9,11-12,14-17,23,26,28H,10,13H2,1-4H3/t23-,26+/m1/s1. The molecule has 4 rings (SSSR count). The van der Waals surface area contributed by atoms with Crippen LogP contribution >= 0.6 is 0 Å². The van der Waals surface area contributed by atoms with Crippen LogP contribution in [0.2, 0.25) is 0 Å². The molecule has 0 aromatic heterocycles. The van der Waals surface area contributed by atoms with E-state index < -0.39 is 0 Å². The minimum absolute atomic E-state index is 0.205. The number of benzene rings is 3. The number of rotatable bonds is 3. The van der Waals surface area contributed by atoms with Crippen molar-refractivity contribution in [1.29, 1.82) is 0 Å². The van der Waals surface area contributed by atoms with Crippen LogP contribution in [0, 0.1) is 6.92 Å². The van der Waals surface area contributed by atoms with E-state index in [2.05, 4.69) is 81.4 Å². The van der Waals surface area contributed by atoms with Crippen LogP contribution in [0.25, 0.3) is 0 Å². The summed E-state index contributed by atoms with van der Waals surface area (Å²) in [6.45, 7) is 8.22. The van der Waals surface area contributed by atoms with Crippen molar-refractivity contribution in [3.05, 3.63) is 94.5 Å². The van der Waals surface area contributed by atoms with Crippen LogP contribution < -0.4 is 4.74 Å². The van der Waals surface area contributed by atoms with E-state index in [4.69, 9.17) is 4.74 Å². The summed E-state index contributed by atoms with van der Waals surface area (Å²) in [5.41, 5.74) is 6.10. The molecule has 150 valence electrons. The van der Waals surface area contributed by atoms with Crippen molar-refractivity contribution in [3.8, 4) is 11.5 Å². The Morgan fingerprint density at radius 1 is 0.897 bits per heavy atom. The molecule has 2 heteroatoms. The summed E-state index contributed by atoms with van der Waals surface area (Å²) in [4.78, 5) is 0. The Hall–Kier alpha value is -2.74. The van der Waals surface area contributed by atoms with Gasteiger partial charge in [-0.3, -0.25) is 0 Å². The van der Waals surface area contributed by atoms with E-state index in [-0.39, 0.29) is 11.5 Å². The van der Waals surface area contributed by atoms with E-state index in [0.717, 1.165) is 24.2 Å². The first-order valence-corrected chi connectivity index (χ1v) is 10.5. The summed E-state index contributed by atoms with van der Waals surface area (Å²) >= 11 is 0. The van der Waals surface area contributed by atoms with Crippen LogP contribution in [0.5, 0.6) is 11.5 Å². The number of hydrogen-bond acceptors (Lipinski definition) is 2. The van der Waals surface area contributed by atoms with Crippen molar-refractivity contribution in [3.63, 3.8) is 0 Å². The molecule has 0 saturated heterocycles. The Labute approximate surface area is 174 Å². The van der Waals surface area contributed by atoms with Gasteiger partial charge < -0.3 is 9.84 Å². The Morgan fingerprint density at radius 2 is 1.66 bits per heavy atom. The Morgan fingerprint density at radius 3 is 2.34 bits per heavy atom. The predicted octanol–water partition coefficient (Wildman–Crippen LogP) is 6.74. The maximum absolute atomic E-state index is 10.0. The zero-order valence-electron chi connectivity index (χ0n) is 17.8. The SMILES string of the molecule is Cc1cc([C@@H]2c3ccc(OC(C)(C)C)cc3CC[C@@H]2c2ccccc2)ccc1O. The summed E-state index contributed by atoms with van der Waals surface area (Å²) in [5.74, 6) is 1.98. The molecular weight excluding hydrogens is 356 g/mol. The minimum Gasteiger partial charge on any atom is -0.508 e. The lowest BCUT2D eigenvalue weighted by molar-refractivity contribution is 0.130. The van der Waals surface area contributed by atoms with Crippen LogP contribution in [0.3, 0.4) is 0 Å².